The molecule has 32 heavy (non-hydrogen) atoms. The Balaban J connectivity index is 1.67. The zero-order valence-corrected chi connectivity index (χ0v) is 19.7. The molecule has 0 atom stereocenters. The predicted octanol–water partition coefficient (Wildman–Crippen LogP) is 3.42. The molecule has 0 bridgehead atoms. The van der Waals surface area contributed by atoms with Crippen molar-refractivity contribution < 1.29 is 17.6 Å². The lowest BCUT2D eigenvalue weighted by atomic mass is 10.0. The Bertz CT molecular complexity index is 1070. The maximum Gasteiger partial charge on any atom is 0.323 e. The molecule has 2 N–H and O–H groups in total. The zero-order chi connectivity index (χ0) is 23.5. The summed E-state index contributed by atoms with van der Waals surface area (Å²) >= 11 is 0. The smallest absolute Gasteiger partial charge is 0.306 e. The summed E-state index contributed by atoms with van der Waals surface area (Å²) in [6.07, 6.45) is 1.53. The second-order valence-corrected chi connectivity index (χ2v) is 10.7. The minimum absolute atomic E-state index is 0.0550. The molecule has 174 valence electrons. The first-order chi connectivity index (χ1) is 15.0. The zero-order valence-electron chi connectivity index (χ0n) is 18.9. The summed E-state index contributed by atoms with van der Waals surface area (Å²) in [6.45, 7) is 8.89. The van der Waals surface area contributed by atoms with Gasteiger partial charge in [-0.25, -0.2) is 17.6 Å². The van der Waals surface area contributed by atoms with Gasteiger partial charge in [-0.3, -0.25) is 9.88 Å². The van der Waals surface area contributed by atoms with Crippen molar-refractivity contribution in [2.45, 2.75) is 39.8 Å². The maximum absolute atomic E-state index is 15.1. The molecular weight excluding hydrogens is 433 g/mol. The number of amides is 2. The summed E-state index contributed by atoms with van der Waals surface area (Å²) in [6, 6.07) is 7.78. The minimum Gasteiger partial charge on any atom is -0.306 e. The quantitative estimate of drug-likeness (QED) is 0.685. The highest BCUT2D eigenvalue weighted by molar-refractivity contribution is 7.89. The van der Waals surface area contributed by atoms with Crippen molar-refractivity contribution in [3.8, 4) is 0 Å². The van der Waals surface area contributed by atoms with Gasteiger partial charge in [-0.1, -0.05) is 12.1 Å². The van der Waals surface area contributed by atoms with Crippen LogP contribution in [0.15, 0.2) is 36.5 Å². The first-order valence-corrected chi connectivity index (χ1v) is 12.1. The number of nitrogens with one attached hydrogen (secondary N) is 2. The lowest BCUT2D eigenvalue weighted by molar-refractivity contribution is 0.0760. The summed E-state index contributed by atoms with van der Waals surface area (Å²) in [7, 11) is -3.31. The first kappa shape index (κ1) is 24.1. The summed E-state index contributed by atoms with van der Waals surface area (Å²) < 4.78 is 41.4. The number of carbonyl (C=O) groups is 1. The van der Waals surface area contributed by atoms with Gasteiger partial charge in [0.2, 0.25) is 10.0 Å². The van der Waals surface area contributed by atoms with Gasteiger partial charge in [0.25, 0.3) is 0 Å². The molecule has 1 aliphatic heterocycles. The number of urea groups is 1. The number of hydrogen-bond acceptors (Lipinski definition) is 5. The van der Waals surface area contributed by atoms with Gasteiger partial charge in [-0.15, -0.1) is 0 Å². The number of anilines is 2. The van der Waals surface area contributed by atoms with Gasteiger partial charge in [-0.2, -0.15) is 4.31 Å². The van der Waals surface area contributed by atoms with Gasteiger partial charge >= 0.3 is 6.03 Å². The van der Waals surface area contributed by atoms with Gasteiger partial charge in [0, 0.05) is 43.0 Å². The third-order valence-corrected chi connectivity index (χ3v) is 7.57. The van der Waals surface area contributed by atoms with Crippen molar-refractivity contribution >= 4 is 27.4 Å². The van der Waals surface area contributed by atoms with Gasteiger partial charge in [0.15, 0.2) is 5.82 Å². The lowest BCUT2D eigenvalue weighted by Gasteiger charge is -2.46. The number of halogens is 1. The monoisotopic (exact) mass is 463 g/mol. The van der Waals surface area contributed by atoms with Crippen LogP contribution in [0.3, 0.4) is 0 Å². The van der Waals surface area contributed by atoms with E-state index in [4.69, 9.17) is 0 Å². The van der Waals surface area contributed by atoms with E-state index in [0.717, 1.165) is 5.69 Å². The molecule has 10 heteroatoms. The summed E-state index contributed by atoms with van der Waals surface area (Å²) in [4.78, 5) is 18.4. The standard InChI is InChI=1S/C22H30FN5O3S/c1-5-32(30,31)28-12-11-27(15-22(28,3)4)14-17-7-6-8-19(20(17)23)26-21(29)25-18-10-9-16(2)24-13-18/h6-10,13H,5,11-12,14-15H2,1-4H3,(H2,25,26,29). The van der Waals surface area contributed by atoms with E-state index in [1.54, 1.807) is 31.2 Å². The van der Waals surface area contributed by atoms with Gasteiger partial charge in [0.05, 0.1) is 23.3 Å². The molecular formula is C22H30FN5O3S. The van der Waals surface area contributed by atoms with Crippen LogP contribution in [0.2, 0.25) is 0 Å². The Morgan fingerprint density at radius 3 is 2.56 bits per heavy atom. The minimum atomic E-state index is -3.31. The number of benzene rings is 1. The third kappa shape index (κ3) is 5.62. The van der Waals surface area contributed by atoms with Gasteiger partial charge in [-0.05, 0) is 45.9 Å². The summed E-state index contributed by atoms with van der Waals surface area (Å²) in [5.41, 5.74) is 1.24. The van der Waals surface area contributed by atoms with E-state index in [9.17, 15) is 13.2 Å². The molecule has 2 heterocycles. The Morgan fingerprint density at radius 1 is 1.19 bits per heavy atom. The summed E-state index contributed by atoms with van der Waals surface area (Å²) in [5, 5.41) is 5.17. The lowest BCUT2D eigenvalue weighted by Crippen LogP contribution is -2.60. The molecule has 0 spiro atoms. The third-order valence-electron chi connectivity index (χ3n) is 5.50. The van der Waals surface area contributed by atoms with Crippen molar-refractivity contribution in [2.75, 3.05) is 36.0 Å². The fourth-order valence-electron chi connectivity index (χ4n) is 3.91. The number of rotatable bonds is 6. The Labute approximate surface area is 188 Å². The average molecular weight is 464 g/mol. The first-order valence-electron chi connectivity index (χ1n) is 10.5. The molecule has 0 radical (unpaired) electrons. The molecule has 2 amide bonds. The fraction of sp³-hybridized carbons (Fsp3) is 0.455. The van der Waals surface area contributed by atoms with Crippen molar-refractivity contribution in [1.29, 1.82) is 0 Å². The fourth-order valence-corrected chi connectivity index (χ4v) is 5.39. The number of aryl methyl sites for hydroxylation is 1. The Hall–Kier alpha value is -2.56. The van der Waals surface area contributed by atoms with Crippen LogP contribution in [0.4, 0.5) is 20.6 Å². The topological polar surface area (TPSA) is 94.6 Å². The molecule has 3 rings (SSSR count). The van der Waals surface area contributed by atoms with Crippen LogP contribution in [-0.4, -0.2) is 59.6 Å². The van der Waals surface area contributed by atoms with Gasteiger partial charge in [0.1, 0.15) is 0 Å². The van der Waals surface area contributed by atoms with Crippen LogP contribution in [0.1, 0.15) is 32.0 Å². The normalized spacial score (nSPS) is 17.2. The maximum atomic E-state index is 15.1. The van der Waals surface area contributed by atoms with Crippen molar-refractivity contribution in [2.24, 2.45) is 0 Å². The summed E-state index contributed by atoms with van der Waals surface area (Å²) in [5.74, 6) is -0.453. The SMILES string of the molecule is CCS(=O)(=O)N1CCN(Cc2cccc(NC(=O)Nc3ccc(C)nc3)c2F)CC1(C)C. The highest BCUT2D eigenvalue weighted by atomic mass is 32.2. The molecule has 1 saturated heterocycles. The van der Waals surface area contributed by atoms with E-state index in [2.05, 4.69) is 15.6 Å². The molecule has 1 aliphatic rings. The average Bonchev–Trinajstić information content (AvgIpc) is 2.72. The van der Waals surface area contributed by atoms with Crippen LogP contribution >= 0.6 is 0 Å². The highest BCUT2D eigenvalue weighted by Gasteiger charge is 2.40. The van der Waals surface area contributed by atoms with Crippen LogP contribution in [0, 0.1) is 12.7 Å². The highest BCUT2D eigenvalue weighted by Crippen LogP contribution is 2.27. The largest absolute Gasteiger partial charge is 0.323 e. The molecule has 0 aliphatic carbocycles. The van der Waals surface area contributed by atoms with E-state index in [1.807, 2.05) is 25.7 Å². The Kier molecular flexibility index (Phi) is 7.16. The number of hydrogen-bond donors (Lipinski definition) is 2. The van der Waals surface area contributed by atoms with Crippen LogP contribution in [0.5, 0.6) is 0 Å². The van der Waals surface area contributed by atoms with Gasteiger partial charge < -0.3 is 10.6 Å². The number of nitrogens with zero attached hydrogens (tertiary/aromatic N) is 3. The van der Waals surface area contributed by atoms with Crippen LogP contribution < -0.4 is 10.6 Å². The molecule has 8 nitrogen and oxygen atoms in total. The number of pyridine rings is 1. The predicted molar refractivity (Wildman–Crippen MR) is 124 cm³/mol. The number of piperazine rings is 1. The van der Waals surface area contributed by atoms with E-state index >= 15 is 4.39 Å². The second kappa shape index (κ2) is 9.51. The van der Waals surface area contributed by atoms with E-state index in [0.29, 0.717) is 37.4 Å². The van der Waals surface area contributed by atoms with E-state index in [1.165, 1.54) is 16.6 Å². The molecule has 2 aromatic rings. The van der Waals surface area contributed by atoms with Crippen molar-refractivity contribution in [3.05, 3.63) is 53.6 Å². The van der Waals surface area contributed by atoms with Crippen LogP contribution in [0.25, 0.3) is 0 Å². The molecule has 1 fully saturated rings. The molecule has 0 unspecified atom stereocenters. The van der Waals surface area contributed by atoms with Crippen molar-refractivity contribution in [3.63, 3.8) is 0 Å². The van der Waals surface area contributed by atoms with E-state index in [-0.39, 0.29) is 11.4 Å². The Morgan fingerprint density at radius 2 is 1.94 bits per heavy atom. The van der Waals surface area contributed by atoms with Crippen LogP contribution in [-0.2, 0) is 16.6 Å². The number of aromatic nitrogens is 1. The van der Waals surface area contributed by atoms with E-state index < -0.39 is 27.4 Å². The number of carbonyl (C=O) groups excluding carboxylic acids is 1. The number of sulfonamides is 1. The second-order valence-electron chi connectivity index (χ2n) is 8.54. The molecule has 0 saturated carbocycles. The molecule has 1 aromatic heterocycles. The van der Waals surface area contributed by atoms with Crippen molar-refractivity contribution in [1.82, 2.24) is 14.2 Å². The molecule has 1 aromatic carbocycles.